The molecule has 0 aromatic heterocycles. The standard InChI is InChI=1S/C8H14N2O3/c1-8(3-2-4-8)10-7(13)9-5-6(11)12/h2-5H2,1H3,(H,11,12)(H2,9,10,13). The first-order valence-corrected chi connectivity index (χ1v) is 4.30. The molecule has 13 heavy (non-hydrogen) atoms. The molecule has 0 unspecified atom stereocenters. The molecule has 0 radical (unpaired) electrons. The maximum atomic E-state index is 11.1. The summed E-state index contributed by atoms with van der Waals surface area (Å²) in [5, 5.41) is 13.3. The maximum Gasteiger partial charge on any atom is 0.323 e. The Hall–Kier alpha value is -1.26. The van der Waals surface area contributed by atoms with Crippen LogP contribution in [0, 0.1) is 0 Å². The maximum absolute atomic E-state index is 11.1. The van der Waals surface area contributed by atoms with Crippen molar-refractivity contribution in [2.45, 2.75) is 31.7 Å². The lowest BCUT2D eigenvalue weighted by molar-refractivity contribution is -0.135. The van der Waals surface area contributed by atoms with E-state index in [1.54, 1.807) is 0 Å². The highest BCUT2D eigenvalue weighted by molar-refractivity contribution is 5.80. The van der Waals surface area contributed by atoms with Crippen molar-refractivity contribution in [3.8, 4) is 0 Å². The molecule has 1 fully saturated rings. The number of amides is 2. The smallest absolute Gasteiger partial charge is 0.323 e. The van der Waals surface area contributed by atoms with Gasteiger partial charge in [0.1, 0.15) is 6.54 Å². The summed E-state index contributed by atoms with van der Waals surface area (Å²) in [5.41, 5.74) is -0.122. The number of carbonyl (C=O) groups excluding carboxylic acids is 1. The summed E-state index contributed by atoms with van der Waals surface area (Å²) in [6.45, 7) is 1.62. The summed E-state index contributed by atoms with van der Waals surface area (Å²) >= 11 is 0. The van der Waals surface area contributed by atoms with Gasteiger partial charge in [-0.3, -0.25) is 4.79 Å². The summed E-state index contributed by atoms with van der Waals surface area (Å²) in [7, 11) is 0. The second kappa shape index (κ2) is 3.64. The SMILES string of the molecule is CC1(NC(=O)NCC(=O)O)CCC1. The average molecular weight is 186 g/mol. The van der Waals surface area contributed by atoms with E-state index in [4.69, 9.17) is 5.11 Å². The fourth-order valence-corrected chi connectivity index (χ4v) is 1.31. The van der Waals surface area contributed by atoms with Crippen LogP contribution in [-0.2, 0) is 4.79 Å². The highest BCUT2D eigenvalue weighted by atomic mass is 16.4. The van der Waals surface area contributed by atoms with Gasteiger partial charge in [0.2, 0.25) is 0 Å². The Labute approximate surface area is 76.5 Å². The van der Waals surface area contributed by atoms with E-state index in [2.05, 4.69) is 10.6 Å². The van der Waals surface area contributed by atoms with Crippen molar-refractivity contribution in [3.63, 3.8) is 0 Å². The quantitative estimate of drug-likeness (QED) is 0.593. The van der Waals surface area contributed by atoms with Crippen molar-refractivity contribution in [3.05, 3.63) is 0 Å². The van der Waals surface area contributed by atoms with E-state index in [0.29, 0.717) is 0 Å². The molecule has 0 bridgehead atoms. The molecule has 0 saturated heterocycles. The van der Waals surface area contributed by atoms with Gasteiger partial charge < -0.3 is 15.7 Å². The van der Waals surface area contributed by atoms with Gasteiger partial charge in [-0.1, -0.05) is 0 Å². The number of hydrogen-bond donors (Lipinski definition) is 3. The van der Waals surface area contributed by atoms with Crippen LogP contribution >= 0.6 is 0 Å². The zero-order valence-corrected chi connectivity index (χ0v) is 7.59. The van der Waals surface area contributed by atoms with E-state index in [9.17, 15) is 9.59 Å². The zero-order valence-electron chi connectivity index (χ0n) is 7.59. The second-order valence-corrected chi connectivity index (χ2v) is 3.62. The lowest BCUT2D eigenvalue weighted by Crippen LogP contribution is -2.54. The molecule has 0 aromatic carbocycles. The minimum Gasteiger partial charge on any atom is -0.480 e. The minimum atomic E-state index is -1.03. The molecule has 0 atom stereocenters. The summed E-state index contributed by atoms with van der Waals surface area (Å²) in [4.78, 5) is 21.2. The number of hydrogen-bond acceptors (Lipinski definition) is 2. The molecule has 1 rings (SSSR count). The zero-order chi connectivity index (χ0) is 9.90. The molecule has 3 N–H and O–H groups in total. The highest BCUT2D eigenvalue weighted by Gasteiger charge is 2.32. The lowest BCUT2D eigenvalue weighted by Gasteiger charge is -2.38. The van der Waals surface area contributed by atoms with E-state index in [0.717, 1.165) is 19.3 Å². The lowest BCUT2D eigenvalue weighted by atomic mass is 9.79. The van der Waals surface area contributed by atoms with Crippen LogP contribution < -0.4 is 10.6 Å². The Balaban J connectivity index is 2.21. The molecular formula is C8H14N2O3. The number of urea groups is 1. The summed E-state index contributed by atoms with van der Waals surface area (Å²) in [6, 6.07) is -0.399. The van der Waals surface area contributed by atoms with Gasteiger partial charge in [-0.25, -0.2) is 4.79 Å². The molecule has 1 aliphatic carbocycles. The monoisotopic (exact) mass is 186 g/mol. The molecule has 74 valence electrons. The normalized spacial score (nSPS) is 18.5. The van der Waals surface area contributed by atoms with Crippen molar-refractivity contribution in [1.29, 1.82) is 0 Å². The van der Waals surface area contributed by atoms with E-state index in [1.807, 2.05) is 6.92 Å². The minimum absolute atomic E-state index is 0.122. The third-order valence-electron chi connectivity index (χ3n) is 2.27. The topological polar surface area (TPSA) is 78.4 Å². The third kappa shape index (κ3) is 2.93. The number of rotatable bonds is 3. The largest absolute Gasteiger partial charge is 0.480 e. The van der Waals surface area contributed by atoms with Crippen LogP contribution in [0.15, 0.2) is 0 Å². The molecule has 0 aliphatic heterocycles. The first-order chi connectivity index (χ1) is 6.02. The number of carboxylic acid groups (broad SMARTS) is 1. The Morgan fingerprint density at radius 3 is 2.46 bits per heavy atom. The van der Waals surface area contributed by atoms with Crippen LogP contribution in [0.2, 0.25) is 0 Å². The van der Waals surface area contributed by atoms with Crippen LogP contribution in [0.1, 0.15) is 26.2 Å². The number of aliphatic carboxylic acids is 1. The number of carbonyl (C=O) groups is 2. The predicted molar refractivity (Wildman–Crippen MR) is 46.4 cm³/mol. The van der Waals surface area contributed by atoms with Crippen molar-refractivity contribution >= 4 is 12.0 Å². The fourth-order valence-electron chi connectivity index (χ4n) is 1.31. The molecule has 0 aromatic rings. The van der Waals surface area contributed by atoms with Gasteiger partial charge in [0, 0.05) is 5.54 Å². The Morgan fingerprint density at radius 2 is 2.08 bits per heavy atom. The summed E-state index contributed by atoms with van der Waals surface area (Å²) in [5.74, 6) is -1.03. The third-order valence-corrected chi connectivity index (χ3v) is 2.27. The predicted octanol–water partition coefficient (Wildman–Crippen LogP) is 0.313. The van der Waals surface area contributed by atoms with Gasteiger partial charge in [-0.15, -0.1) is 0 Å². The first-order valence-electron chi connectivity index (χ1n) is 4.30. The van der Waals surface area contributed by atoms with E-state index < -0.39 is 12.0 Å². The van der Waals surface area contributed by atoms with Gasteiger partial charge >= 0.3 is 12.0 Å². The number of nitrogens with one attached hydrogen (secondary N) is 2. The van der Waals surface area contributed by atoms with E-state index in [1.165, 1.54) is 0 Å². The first kappa shape index (κ1) is 9.83. The van der Waals surface area contributed by atoms with Gasteiger partial charge in [0.05, 0.1) is 0 Å². The average Bonchev–Trinajstić information content (AvgIpc) is 1.98. The molecule has 5 heteroatoms. The van der Waals surface area contributed by atoms with Gasteiger partial charge in [-0.05, 0) is 26.2 Å². The molecule has 2 amide bonds. The van der Waals surface area contributed by atoms with Crippen LogP contribution in [0.5, 0.6) is 0 Å². The molecule has 0 heterocycles. The molecule has 5 nitrogen and oxygen atoms in total. The molecule has 1 saturated carbocycles. The molecule has 0 spiro atoms. The van der Waals surface area contributed by atoms with Crippen LogP contribution in [0.3, 0.4) is 0 Å². The van der Waals surface area contributed by atoms with Crippen molar-refractivity contribution < 1.29 is 14.7 Å². The fraction of sp³-hybridized carbons (Fsp3) is 0.750. The summed E-state index contributed by atoms with van der Waals surface area (Å²) < 4.78 is 0. The Bertz CT molecular complexity index is 223. The second-order valence-electron chi connectivity index (χ2n) is 3.62. The van der Waals surface area contributed by atoms with Gasteiger partial charge in [-0.2, -0.15) is 0 Å². The Morgan fingerprint density at radius 1 is 1.46 bits per heavy atom. The van der Waals surface area contributed by atoms with Crippen molar-refractivity contribution in [1.82, 2.24) is 10.6 Å². The molecular weight excluding hydrogens is 172 g/mol. The Kier molecular flexibility index (Phi) is 2.75. The van der Waals surface area contributed by atoms with Crippen LogP contribution in [0.4, 0.5) is 4.79 Å². The van der Waals surface area contributed by atoms with Gasteiger partial charge in [0.25, 0.3) is 0 Å². The van der Waals surface area contributed by atoms with Crippen molar-refractivity contribution in [2.75, 3.05) is 6.54 Å². The summed E-state index contributed by atoms with van der Waals surface area (Å²) in [6.07, 6.45) is 3.05. The van der Waals surface area contributed by atoms with Crippen molar-refractivity contribution in [2.24, 2.45) is 0 Å². The van der Waals surface area contributed by atoms with Crippen LogP contribution in [-0.4, -0.2) is 29.2 Å². The van der Waals surface area contributed by atoms with E-state index in [-0.39, 0.29) is 12.1 Å². The highest BCUT2D eigenvalue weighted by Crippen LogP contribution is 2.30. The van der Waals surface area contributed by atoms with Gasteiger partial charge in [0.15, 0.2) is 0 Å². The van der Waals surface area contributed by atoms with Crippen LogP contribution in [0.25, 0.3) is 0 Å². The molecule has 1 aliphatic rings. The number of carboxylic acids is 1. The van der Waals surface area contributed by atoms with E-state index >= 15 is 0 Å².